The fourth-order valence-corrected chi connectivity index (χ4v) is 1.58. The number of hydrogen-bond acceptors (Lipinski definition) is 2. The Morgan fingerprint density at radius 2 is 1.59 bits per heavy atom. The standard InChI is InChI=1S/C7H7Br.C7H10N2/c8-6-7-4-2-1-3-5-7;1-9(2)7-3-5-8-6-4-7/h1-5H,6H2;3-6H,1-2H3. The van der Waals surface area contributed by atoms with Gasteiger partial charge in [0.15, 0.2) is 0 Å². The minimum atomic E-state index is 0.952. The van der Waals surface area contributed by atoms with Gasteiger partial charge in [-0.05, 0) is 17.7 Å². The van der Waals surface area contributed by atoms with Crippen LogP contribution in [0.15, 0.2) is 54.9 Å². The predicted octanol–water partition coefficient (Wildman–Crippen LogP) is 3.73. The van der Waals surface area contributed by atoms with Gasteiger partial charge in [-0.2, -0.15) is 0 Å². The fourth-order valence-electron chi connectivity index (χ4n) is 1.21. The van der Waals surface area contributed by atoms with E-state index in [0.717, 1.165) is 5.33 Å². The second kappa shape index (κ2) is 7.85. The number of hydrogen-bond donors (Lipinski definition) is 0. The van der Waals surface area contributed by atoms with Crippen LogP contribution in [0.4, 0.5) is 5.69 Å². The molecule has 0 N–H and O–H groups in total. The summed E-state index contributed by atoms with van der Waals surface area (Å²) < 4.78 is 0. The molecular weight excluding hydrogens is 276 g/mol. The first kappa shape index (κ1) is 13.7. The van der Waals surface area contributed by atoms with Gasteiger partial charge in [-0.15, -0.1) is 0 Å². The summed E-state index contributed by atoms with van der Waals surface area (Å²) in [5, 5.41) is 0.952. The zero-order valence-electron chi connectivity index (χ0n) is 10.2. The summed E-state index contributed by atoms with van der Waals surface area (Å²) in [7, 11) is 4.02. The van der Waals surface area contributed by atoms with Crippen LogP contribution < -0.4 is 4.90 Å². The van der Waals surface area contributed by atoms with Gasteiger partial charge in [0.1, 0.15) is 0 Å². The lowest BCUT2D eigenvalue weighted by atomic mass is 10.2. The molecule has 90 valence electrons. The maximum Gasteiger partial charge on any atom is 0.0391 e. The quantitative estimate of drug-likeness (QED) is 0.784. The molecule has 3 heteroatoms. The number of alkyl halides is 1. The normalized spacial score (nSPS) is 9.12. The number of anilines is 1. The van der Waals surface area contributed by atoms with Crippen LogP contribution >= 0.6 is 15.9 Å². The van der Waals surface area contributed by atoms with Crippen molar-refractivity contribution in [1.82, 2.24) is 4.98 Å². The van der Waals surface area contributed by atoms with Gasteiger partial charge in [-0.1, -0.05) is 46.3 Å². The Hall–Kier alpha value is -1.35. The Morgan fingerprint density at radius 3 is 1.94 bits per heavy atom. The van der Waals surface area contributed by atoms with Gasteiger partial charge in [-0.3, -0.25) is 4.98 Å². The summed E-state index contributed by atoms with van der Waals surface area (Å²) >= 11 is 3.36. The van der Waals surface area contributed by atoms with E-state index in [1.54, 1.807) is 12.4 Å². The highest BCUT2D eigenvalue weighted by Gasteiger charge is 1.88. The van der Waals surface area contributed by atoms with Gasteiger partial charge in [-0.25, -0.2) is 0 Å². The molecule has 0 aliphatic carbocycles. The van der Waals surface area contributed by atoms with Crippen molar-refractivity contribution in [2.24, 2.45) is 0 Å². The highest BCUT2D eigenvalue weighted by atomic mass is 79.9. The minimum Gasteiger partial charge on any atom is -0.378 e. The first-order valence-electron chi connectivity index (χ1n) is 5.41. The number of nitrogens with zero attached hydrogens (tertiary/aromatic N) is 2. The molecule has 0 unspecified atom stereocenters. The summed E-state index contributed by atoms with van der Waals surface area (Å²) in [6.45, 7) is 0. The Morgan fingerprint density at radius 1 is 1.00 bits per heavy atom. The van der Waals surface area contributed by atoms with Crippen LogP contribution in [0.3, 0.4) is 0 Å². The van der Waals surface area contributed by atoms with Gasteiger partial charge in [0, 0.05) is 37.5 Å². The summed E-state index contributed by atoms with van der Waals surface area (Å²) in [5.74, 6) is 0. The highest BCUT2D eigenvalue weighted by molar-refractivity contribution is 9.08. The summed E-state index contributed by atoms with van der Waals surface area (Å²) in [4.78, 5) is 5.94. The van der Waals surface area contributed by atoms with E-state index < -0.39 is 0 Å². The van der Waals surface area contributed by atoms with E-state index in [1.165, 1.54) is 11.3 Å². The molecule has 0 spiro atoms. The molecule has 0 radical (unpaired) electrons. The third-order valence-corrected chi connectivity index (χ3v) is 2.82. The van der Waals surface area contributed by atoms with Gasteiger partial charge in [0.2, 0.25) is 0 Å². The van der Waals surface area contributed by atoms with Gasteiger partial charge >= 0.3 is 0 Å². The van der Waals surface area contributed by atoms with Crippen LogP contribution in [0.5, 0.6) is 0 Å². The molecule has 0 saturated carbocycles. The Kier molecular flexibility index (Phi) is 6.33. The Bertz CT molecular complexity index is 401. The van der Waals surface area contributed by atoms with E-state index in [4.69, 9.17) is 0 Å². The van der Waals surface area contributed by atoms with Crippen molar-refractivity contribution in [2.45, 2.75) is 5.33 Å². The fraction of sp³-hybridized carbons (Fsp3) is 0.214. The second-order valence-electron chi connectivity index (χ2n) is 3.72. The second-order valence-corrected chi connectivity index (χ2v) is 4.28. The molecule has 0 saturated heterocycles. The summed E-state index contributed by atoms with van der Waals surface area (Å²) in [6.07, 6.45) is 3.57. The molecule has 0 atom stereocenters. The average Bonchev–Trinajstić information content (AvgIpc) is 2.41. The number of halogens is 1. The SMILES string of the molecule is BrCc1ccccc1.CN(C)c1ccncc1. The van der Waals surface area contributed by atoms with Gasteiger partial charge in [0.05, 0.1) is 0 Å². The van der Waals surface area contributed by atoms with Crippen molar-refractivity contribution < 1.29 is 0 Å². The third-order valence-electron chi connectivity index (χ3n) is 2.18. The molecule has 1 heterocycles. The maximum absolute atomic E-state index is 3.90. The van der Waals surface area contributed by atoms with Gasteiger partial charge < -0.3 is 4.90 Å². The largest absolute Gasteiger partial charge is 0.378 e. The molecule has 0 aliphatic rings. The van der Waals surface area contributed by atoms with E-state index >= 15 is 0 Å². The van der Waals surface area contributed by atoms with Gasteiger partial charge in [0.25, 0.3) is 0 Å². The molecule has 1 aromatic carbocycles. The number of aromatic nitrogens is 1. The topological polar surface area (TPSA) is 16.1 Å². The molecular formula is C14H17BrN2. The Labute approximate surface area is 111 Å². The highest BCUT2D eigenvalue weighted by Crippen LogP contribution is 2.05. The van der Waals surface area contributed by atoms with E-state index in [2.05, 4.69) is 33.0 Å². The molecule has 2 rings (SSSR count). The predicted molar refractivity (Wildman–Crippen MR) is 77.6 cm³/mol. The number of pyridine rings is 1. The number of benzene rings is 1. The van der Waals surface area contributed by atoms with E-state index in [0.29, 0.717) is 0 Å². The monoisotopic (exact) mass is 292 g/mol. The van der Waals surface area contributed by atoms with Crippen LogP contribution in [-0.2, 0) is 5.33 Å². The third kappa shape index (κ3) is 5.50. The zero-order chi connectivity index (χ0) is 12.5. The maximum atomic E-state index is 3.90. The van der Waals surface area contributed by atoms with Crippen molar-refractivity contribution in [3.63, 3.8) is 0 Å². The van der Waals surface area contributed by atoms with Crippen LogP contribution in [0.2, 0.25) is 0 Å². The lowest BCUT2D eigenvalue weighted by Crippen LogP contribution is -2.07. The average molecular weight is 293 g/mol. The molecule has 0 amide bonds. The van der Waals surface area contributed by atoms with E-state index in [1.807, 2.05) is 49.3 Å². The minimum absolute atomic E-state index is 0.952. The first-order valence-corrected chi connectivity index (χ1v) is 6.53. The molecule has 2 nitrogen and oxygen atoms in total. The number of rotatable bonds is 2. The molecule has 2 aromatic rings. The summed E-state index contributed by atoms with van der Waals surface area (Å²) in [6, 6.07) is 14.2. The van der Waals surface area contributed by atoms with Crippen molar-refractivity contribution in [2.75, 3.05) is 19.0 Å². The molecule has 0 aliphatic heterocycles. The summed E-state index contributed by atoms with van der Waals surface area (Å²) in [5.41, 5.74) is 2.51. The molecule has 0 bridgehead atoms. The van der Waals surface area contributed by atoms with Crippen molar-refractivity contribution in [1.29, 1.82) is 0 Å². The zero-order valence-corrected chi connectivity index (χ0v) is 11.8. The smallest absolute Gasteiger partial charge is 0.0391 e. The molecule has 17 heavy (non-hydrogen) atoms. The molecule has 1 aromatic heterocycles. The lowest BCUT2D eigenvalue weighted by Gasteiger charge is -2.10. The molecule has 0 fully saturated rings. The first-order chi connectivity index (χ1) is 8.24. The van der Waals surface area contributed by atoms with Crippen LogP contribution in [0.25, 0.3) is 0 Å². The van der Waals surface area contributed by atoms with Crippen LogP contribution in [0, 0.1) is 0 Å². The lowest BCUT2D eigenvalue weighted by molar-refractivity contribution is 1.12. The van der Waals surface area contributed by atoms with E-state index in [9.17, 15) is 0 Å². The van der Waals surface area contributed by atoms with Crippen molar-refractivity contribution >= 4 is 21.6 Å². The Balaban J connectivity index is 0.000000171. The van der Waals surface area contributed by atoms with Crippen molar-refractivity contribution in [3.05, 3.63) is 60.4 Å². The van der Waals surface area contributed by atoms with Crippen LogP contribution in [0.1, 0.15) is 5.56 Å². The van der Waals surface area contributed by atoms with Crippen LogP contribution in [-0.4, -0.2) is 19.1 Å². The van der Waals surface area contributed by atoms with Crippen molar-refractivity contribution in [3.8, 4) is 0 Å². The van der Waals surface area contributed by atoms with E-state index in [-0.39, 0.29) is 0 Å².